The highest BCUT2D eigenvalue weighted by molar-refractivity contribution is 7.88. The van der Waals surface area contributed by atoms with E-state index in [2.05, 4.69) is 10.6 Å². The molecule has 24 heavy (non-hydrogen) atoms. The second-order valence-electron chi connectivity index (χ2n) is 5.94. The standard InChI is InChI=1S/C15H21Cl2N3O3S/c1-10(13-4-3-11(16)9-14(13)17)18-15(21)19-12-5-7-20(8-6-12)24(2,22)23/h3-4,9-10,12H,5-8H2,1-2H3,(H2,18,19,21). The van der Waals surface area contributed by atoms with Gasteiger partial charge in [0.1, 0.15) is 0 Å². The van der Waals surface area contributed by atoms with Gasteiger partial charge < -0.3 is 10.6 Å². The number of benzene rings is 1. The molecule has 0 aliphatic carbocycles. The molecule has 0 aromatic heterocycles. The van der Waals surface area contributed by atoms with E-state index in [4.69, 9.17) is 23.2 Å². The van der Waals surface area contributed by atoms with Crippen molar-refractivity contribution < 1.29 is 13.2 Å². The Hall–Kier alpha value is -1.02. The molecular weight excluding hydrogens is 373 g/mol. The van der Waals surface area contributed by atoms with Gasteiger partial charge >= 0.3 is 6.03 Å². The first-order valence-corrected chi connectivity index (χ1v) is 10.2. The molecular formula is C15H21Cl2N3O3S. The maximum Gasteiger partial charge on any atom is 0.315 e. The molecule has 0 spiro atoms. The Morgan fingerprint density at radius 1 is 1.29 bits per heavy atom. The zero-order chi connectivity index (χ0) is 17.9. The molecule has 1 aromatic rings. The van der Waals surface area contributed by atoms with E-state index in [0.717, 1.165) is 5.56 Å². The van der Waals surface area contributed by atoms with Crippen LogP contribution in [0.4, 0.5) is 4.79 Å². The number of hydrogen-bond donors (Lipinski definition) is 2. The molecule has 0 saturated carbocycles. The minimum atomic E-state index is -3.16. The second-order valence-corrected chi connectivity index (χ2v) is 8.77. The molecule has 1 fully saturated rings. The summed E-state index contributed by atoms with van der Waals surface area (Å²) in [6, 6.07) is 4.52. The number of urea groups is 1. The first-order valence-electron chi connectivity index (χ1n) is 7.64. The van der Waals surface area contributed by atoms with Gasteiger partial charge in [0.15, 0.2) is 0 Å². The van der Waals surface area contributed by atoms with E-state index < -0.39 is 10.0 Å². The highest BCUT2D eigenvalue weighted by atomic mass is 35.5. The zero-order valence-corrected chi connectivity index (χ0v) is 15.9. The van der Waals surface area contributed by atoms with Gasteiger partial charge in [0.05, 0.1) is 12.3 Å². The van der Waals surface area contributed by atoms with Crippen LogP contribution in [0.15, 0.2) is 18.2 Å². The minimum absolute atomic E-state index is 0.0455. The molecule has 2 N–H and O–H groups in total. The number of nitrogens with one attached hydrogen (secondary N) is 2. The first kappa shape index (κ1) is 19.3. The van der Waals surface area contributed by atoms with Crippen LogP contribution in [-0.2, 0) is 10.0 Å². The number of halogens is 2. The van der Waals surface area contributed by atoms with Gasteiger partial charge in [-0.15, -0.1) is 0 Å². The maximum absolute atomic E-state index is 12.1. The summed E-state index contributed by atoms with van der Waals surface area (Å²) in [5.74, 6) is 0. The number of carbonyl (C=O) groups is 1. The van der Waals surface area contributed by atoms with Crippen LogP contribution < -0.4 is 10.6 Å². The van der Waals surface area contributed by atoms with Crippen LogP contribution in [0.5, 0.6) is 0 Å². The molecule has 1 atom stereocenters. The summed E-state index contributed by atoms with van der Waals surface area (Å²) < 4.78 is 24.4. The topological polar surface area (TPSA) is 78.5 Å². The number of sulfonamides is 1. The molecule has 1 aliphatic heterocycles. The fourth-order valence-electron chi connectivity index (χ4n) is 2.69. The highest BCUT2D eigenvalue weighted by Crippen LogP contribution is 2.26. The monoisotopic (exact) mass is 393 g/mol. The lowest BCUT2D eigenvalue weighted by Gasteiger charge is -2.31. The van der Waals surface area contributed by atoms with Crippen molar-refractivity contribution in [2.24, 2.45) is 0 Å². The summed E-state index contributed by atoms with van der Waals surface area (Å²) in [5.41, 5.74) is 0.781. The van der Waals surface area contributed by atoms with E-state index >= 15 is 0 Å². The smallest absolute Gasteiger partial charge is 0.315 e. The van der Waals surface area contributed by atoms with Crippen LogP contribution in [0.1, 0.15) is 31.4 Å². The quantitative estimate of drug-likeness (QED) is 0.825. The number of rotatable bonds is 4. The predicted octanol–water partition coefficient (Wildman–Crippen LogP) is 2.78. The number of nitrogens with zero attached hydrogens (tertiary/aromatic N) is 1. The van der Waals surface area contributed by atoms with Crippen LogP contribution in [-0.4, -0.2) is 44.1 Å². The average Bonchev–Trinajstić information content (AvgIpc) is 2.46. The van der Waals surface area contributed by atoms with Crippen LogP contribution >= 0.6 is 23.2 Å². The summed E-state index contributed by atoms with van der Waals surface area (Å²) in [6.07, 6.45) is 2.39. The van der Waals surface area contributed by atoms with Crippen LogP contribution in [0.3, 0.4) is 0 Å². The van der Waals surface area contributed by atoms with Gasteiger partial charge in [-0.3, -0.25) is 0 Å². The third-order valence-corrected chi connectivity index (χ3v) is 5.90. The van der Waals surface area contributed by atoms with Gasteiger partial charge in [-0.1, -0.05) is 29.3 Å². The molecule has 1 aromatic carbocycles. The Morgan fingerprint density at radius 2 is 1.92 bits per heavy atom. The molecule has 1 heterocycles. The lowest BCUT2D eigenvalue weighted by atomic mass is 10.1. The van der Waals surface area contributed by atoms with Crippen molar-refractivity contribution >= 4 is 39.3 Å². The van der Waals surface area contributed by atoms with Crippen molar-refractivity contribution in [3.63, 3.8) is 0 Å². The Morgan fingerprint density at radius 3 is 2.46 bits per heavy atom. The van der Waals surface area contributed by atoms with Gasteiger partial charge in [0, 0.05) is 29.2 Å². The van der Waals surface area contributed by atoms with E-state index in [0.29, 0.717) is 36.0 Å². The molecule has 1 aliphatic rings. The molecule has 2 amide bonds. The highest BCUT2D eigenvalue weighted by Gasteiger charge is 2.26. The molecule has 1 unspecified atom stereocenters. The summed E-state index contributed by atoms with van der Waals surface area (Å²) in [7, 11) is -3.16. The van der Waals surface area contributed by atoms with E-state index in [-0.39, 0.29) is 18.1 Å². The van der Waals surface area contributed by atoms with Gasteiger partial charge in [0.2, 0.25) is 10.0 Å². The summed E-state index contributed by atoms with van der Waals surface area (Å²) in [6.45, 7) is 2.67. The fourth-order valence-corrected chi connectivity index (χ4v) is 4.13. The Balaban J connectivity index is 1.85. The molecule has 9 heteroatoms. The van der Waals surface area contributed by atoms with Gasteiger partial charge in [-0.25, -0.2) is 17.5 Å². The summed E-state index contributed by atoms with van der Waals surface area (Å²) in [5, 5.41) is 6.75. The summed E-state index contributed by atoms with van der Waals surface area (Å²) in [4.78, 5) is 12.1. The van der Waals surface area contributed by atoms with Crippen LogP contribution in [0.25, 0.3) is 0 Å². The minimum Gasteiger partial charge on any atom is -0.335 e. The molecule has 0 radical (unpaired) electrons. The van der Waals surface area contributed by atoms with Crippen LogP contribution in [0, 0.1) is 0 Å². The Labute approximate surface area is 152 Å². The third-order valence-electron chi connectivity index (χ3n) is 4.03. The molecule has 6 nitrogen and oxygen atoms in total. The normalized spacial score (nSPS) is 18.2. The van der Waals surface area contributed by atoms with E-state index in [1.807, 2.05) is 6.92 Å². The van der Waals surface area contributed by atoms with Crippen molar-refractivity contribution in [3.05, 3.63) is 33.8 Å². The zero-order valence-electron chi connectivity index (χ0n) is 13.6. The number of hydrogen-bond acceptors (Lipinski definition) is 3. The van der Waals surface area contributed by atoms with E-state index in [1.165, 1.54) is 10.6 Å². The number of carbonyl (C=O) groups excluding carboxylic acids is 1. The second kappa shape index (κ2) is 7.91. The van der Waals surface area contributed by atoms with Gasteiger partial charge in [-0.2, -0.15) is 0 Å². The average molecular weight is 394 g/mol. The number of amides is 2. The van der Waals surface area contributed by atoms with Crippen molar-refractivity contribution in [3.8, 4) is 0 Å². The lowest BCUT2D eigenvalue weighted by molar-refractivity contribution is 0.225. The summed E-state index contributed by atoms with van der Waals surface area (Å²) >= 11 is 12.0. The van der Waals surface area contributed by atoms with E-state index in [9.17, 15) is 13.2 Å². The van der Waals surface area contributed by atoms with E-state index in [1.54, 1.807) is 18.2 Å². The molecule has 0 bridgehead atoms. The van der Waals surface area contributed by atoms with Crippen LogP contribution in [0.2, 0.25) is 10.0 Å². The van der Waals surface area contributed by atoms with Crippen molar-refractivity contribution in [1.29, 1.82) is 0 Å². The first-order chi connectivity index (χ1) is 11.2. The Bertz CT molecular complexity index is 704. The SMILES string of the molecule is CC(NC(=O)NC1CCN(S(C)(=O)=O)CC1)c1ccc(Cl)cc1Cl. The number of piperidine rings is 1. The van der Waals surface area contributed by atoms with Gasteiger partial charge in [-0.05, 0) is 37.5 Å². The van der Waals surface area contributed by atoms with Crippen molar-refractivity contribution in [1.82, 2.24) is 14.9 Å². The largest absolute Gasteiger partial charge is 0.335 e. The van der Waals surface area contributed by atoms with Crippen molar-refractivity contribution in [2.75, 3.05) is 19.3 Å². The third kappa shape index (κ3) is 5.24. The van der Waals surface area contributed by atoms with Gasteiger partial charge in [0.25, 0.3) is 0 Å². The predicted molar refractivity (Wildman–Crippen MR) is 96.0 cm³/mol. The fraction of sp³-hybridized carbons (Fsp3) is 0.533. The Kier molecular flexibility index (Phi) is 6.36. The maximum atomic E-state index is 12.1. The van der Waals surface area contributed by atoms with Crippen molar-refractivity contribution in [2.45, 2.75) is 31.8 Å². The molecule has 134 valence electrons. The molecule has 1 saturated heterocycles. The molecule has 2 rings (SSSR count). The lowest BCUT2D eigenvalue weighted by Crippen LogP contribution is -2.49.